The first-order valence-corrected chi connectivity index (χ1v) is 7.12. The van der Waals surface area contributed by atoms with Crippen molar-refractivity contribution in [3.63, 3.8) is 0 Å². The molecule has 0 radical (unpaired) electrons. The second-order valence-corrected chi connectivity index (χ2v) is 6.54. The Balaban J connectivity index is 2.05. The third kappa shape index (κ3) is 2.40. The van der Waals surface area contributed by atoms with Crippen LogP contribution < -0.4 is 10.6 Å². The molecule has 1 fully saturated rings. The third-order valence-corrected chi connectivity index (χ3v) is 5.15. The van der Waals surface area contributed by atoms with E-state index in [0.29, 0.717) is 16.7 Å². The minimum absolute atomic E-state index is 0.409. The van der Waals surface area contributed by atoms with Gasteiger partial charge in [0, 0.05) is 26.1 Å². The smallest absolute Gasteiger partial charge is 0.132 e. The molecule has 0 unspecified atom stereocenters. The zero-order valence-corrected chi connectivity index (χ0v) is 13.0. The first kappa shape index (κ1) is 14.1. The van der Waals surface area contributed by atoms with E-state index in [4.69, 9.17) is 0 Å². The highest BCUT2D eigenvalue weighted by molar-refractivity contribution is 5.47. The Morgan fingerprint density at radius 3 is 2.16 bits per heavy atom. The van der Waals surface area contributed by atoms with E-state index in [0.717, 1.165) is 30.4 Å². The summed E-state index contributed by atoms with van der Waals surface area (Å²) in [5.74, 6) is 3.38. The molecule has 0 saturated heterocycles. The quantitative estimate of drug-likeness (QED) is 0.855. The van der Waals surface area contributed by atoms with E-state index in [1.165, 1.54) is 0 Å². The van der Waals surface area contributed by atoms with Gasteiger partial charge in [0.1, 0.15) is 17.5 Å². The van der Waals surface area contributed by atoms with Crippen molar-refractivity contribution in [3.8, 4) is 0 Å². The minimum atomic E-state index is 0.409. The Hall–Kier alpha value is -1.32. The first-order chi connectivity index (χ1) is 8.82. The standard InChI is InChI=1S/C15H26N4/c1-7-11-18-12(16-6)8-13(19-11)17-9-10-14(2,3)15(10,4)5/h8,10H,7,9H2,1-6H3,(H2,16,17,18,19). The summed E-state index contributed by atoms with van der Waals surface area (Å²) in [6.07, 6.45) is 0.852. The van der Waals surface area contributed by atoms with Gasteiger partial charge in [0.2, 0.25) is 0 Å². The van der Waals surface area contributed by atoms with Crippen LogP contribution in [0.1, 0.15) is 40.4 Å². The monoisotopic (exact) mass is 262 g/mol. The molecule has 106 valence electrons. The van der Waals surface area contributed by atoms with Crippen LogP contribution in [0.4, 0.5) is 11.6 Å². The van der Waals surface area contributed by atoms with Gasteiger partial charge in [-0.1, -0.05) is 34.6 Å². The normalized spacial score (nSPS) is 20.1. The molecule has 0 aromatic carbocycles. The summed E-state index contributed by atoms with van der Waals surface area (Å²) < 4.78 is 0. The zero-order chi connectivity index (χ0) is 14.3. The topological polar surface area (TPSA) is 49.8 Å². The van der Waals surface area contributed by atoms with Gasteiger partial charge in [0.25, 0.3) is 0 Å². The molecule has 0 spiro atoms. The van der Waals surface area contributed by atoms with Crippen LogP contribution in [0.5, 0.6) is 0 Å². The number of aromatic nitrogens is 2. The summed E-state index contributed by atoms with van der Waals surface area (Å²) in [6, 6.07) is 1.97. The van der Waals surface area contributed by atoms with E-state index < -0.39 is 0 Å². The van der Waals surface area contributed by atoms with Gasteiger partial charge >= 0.3 is 0 Å². The fourth-order valence-corrected chi connectivity index (χ4v) is 2.92. The molecule has 0 aliphatic heterocycles. The van der Waals surface area contributed by atoms with E-state index in [1.807, 2.05) is 13.1 Å². The molecule has 4 nitrogen and oxygen atoms in total. The Kier molecular flexibility index (Phi) is 3.45. The van der Waals surface area contributed by atoms with Gasteiger partial charge in [-0.25, -0.2) is 9.97 Å². The van der Waals surface area contributed by atoms with Gasteiger partial charge in [-0.05, 0) is 16.7 Å². The Morgan fingerprint density at radius 1 is 1.11 bits per heavy atom. The highest BCUT2D eigenvalue weighted by Gasteiger charge is 2.64. The van der Waals surface area contributed by atoms with Crippen molar-refractivity contribution in [1.29, 1.82) is 0 Å². The third-order valence-electron chi connectivity index (χ3n) is 5.15. The van der Waals surface area contributed by atoms with E-state index in [1.54, 1.807) is 0 Å². The summed E-state index contributed by atoms with van der Waals surface area (Å²) >= 11 is 0. The number of hydrogen-bond donors (Lipinski definition) is 2. The lowest BCUT2D eigenvalue weighted by molar-refractivity contribution is 0.457. The highest BCUT2D eigenvalue weighted by Crippen LogP contribution is 2.68. The summed E-state index contributed by atoms with van der Waals surface area (Å²) in [7, 11) is 1.89. The molecule has 1 aliphatic carbocycles. The highest BCUT2D eigenvalue weighted by atomic mass is 15.1. The lowest BCUT2D eigenvalue weighted by atomic mass is 10.0. The second kappa shape index (κ2) is 4.66. The maximum Gasteiger partial charge on any atom is 0.132 e. The van der Waals surface area contributed by atoms with E-state index in [2.05, 4.69) is 55.2 Å². The average molecular weight is 262 g/mol. The molecule has 2 rings (SSSR count). The number of aryl methyl sites for hydroxylation is 1. The number of anilines is 2. The van der Waals surface area contributed by atoms with Crippen molar-refractivity contribution in [2.75, 3.05) is 24.2 Å². The van der Waals surface area contributed by atoms with Crippen LogP contribution in [-0.2, 0) is 6.42 Å². The van der Waals surface area contributed by atoms with Gasteiger partial charge in [-0.2, -0.15) is 0 Å². The molecule has 1 saturated carbocycles. The number of hydrogen-bond acceptors (Lipinski definition) is 4. The minimum Gasteiger partial charge on any atom is -0.373 e. The number of rotatable bonds is 5. The largest absolute Gasteiger partial charge is 0.373 e. The van der Waals surface area contributed by atoms with E-state index in [-0.39, 0.29) is 0 Å². The SMILES string of the molecule is CCc1nc(NC)cc(NCC2C(C)(C)C2(C)C)n1. The van der Waals surface area contributed by atoms with Crippen LogP contribution >= 0.6 is 0 Å². The van der Waals surface area contributed by atoms with Gasteiger partial charge in [-0.3, -0.25) is 0 Å². The van der Waals surface area contributed by atoms with Crippen molar-refractivity contribution < 1.29 is 0 Å². The van der Waals surface area contributed by atoms with Crippen molar-refractivity contribution >= 4 is 11.6 Å². The van der Waals surface area contributed by atoms with Crippen molar-refractivity contribution in [2.24, 2.45) is 16.7 Å². The van der Waals surface area contributed by atoms with E-state index in [9.17, 15) is 0 Å². The summed E-state index contributed by atoms with van der Waals surface area (Å²) in [6.45, 7) is 12.4. The molecule has 1 aromatic rings. The van der Waals surface area contributed by atoms with Crippen LogP contribution in [0.2, 0.25) is 0 Å². The molecule has 1 aliphatic rings. The summed E-state index contributed by atoms with van der Waals surface area (Å²) in [5, 5.41) is 6.56. The summed E-state index contributed by atoms with van der Waals surface area (Å²) in [4.78, 5) is 8.94. The summed E-state index contributed by atoms with van der Waals surface area (Å²) in [5.41, 5.74) is 0.818. The predicted octanol–water partition coefficient (Wildman–Crippen LogP) is 3.17. The molecule has 19 heavy (non-hydrogen) atoms. The molecule has 4 heteroatoms. The van der Waals surface area contributed by atoms with Crippen molar-refractivity contribution in [2.45, 2.75) is 41.0 Å². The van der Waals surface area contributed by atoms with Crippen molar-refractivity contribution in [3.05, 3.63) is 11.9 Å². The number of nitrogens with zero attached hydrogens (tertiary/aromatic N) is 2. The average Bonchev–Trinajstić information content (AvgIpc) is 2.76. The maximum atomic E-state index is 4.53. The molecule has 1 heterocycles. The predicted molar refractivity (Wildman–Crippen MR) is 80.5 cm³/mol. The first-order valence-electron chi connectivity index (χ1n) is 7.12. The fraction of sp³-hybridized carbons (Fsp3) is 0.733. The van der Waals surface area contributed by atoms with Gasteiger partial charge in [-0.15, -0.1) is 0 Å². The van der Waals surface area contributed by atoms with Crippen LogP contribution in [0.3, 0.4) is 0 Å². The Bertz CT molecular complexity index is 429. The lowest BCUT2D eigenvalue weighted by Gasteiger charge is -2.10. The Labute approximate surface area is 116 Å². The lowest BCUT2D eigenvalue weighted by Crippen LogP contribution is -2.11. The molecular weight excluding hydrogens is 236 g/mol. The molecule has 0 atom stereocenters. The van der Waals surface area contributed by atoms with Gasteiger partial charge in [0.05, 0.1) is 0 Å². The van der Waals surface area contributed by atoms with Crippen molar-refractivity contribution in [1.82, 2.24) is 9.97 Å². The zero-order valence-electron chi connectivity index (χ0n) is 13.0. The molecular formula is C15H26N4. The molecule has 1 aromatic heterocycles. The number of nitrogens with one attached hydrogen (secondary N) is 2. The molecule has 2 N–H and O–H groups in total. The molecule has 0 bridgehead atoms. The van der Waals surface area contributed by atoms with Gasteiger partial charge < -0.3 is 10.6 Å². The van der Waals surface area contributed by atoms with Crippen LogP contribution in [-0.4, -0.2) is 23.6 Å². The fourth-order valence-electron chi connectivity index (χ4n) is 2.92. The molecule has 0 amide bonds. The van der Waals surface area contributed by atoms with Gasteiger partial charge in [0.15, 0.2) is 0 Å². The van der Waals surface area contributed by atoms with Crippen LogP contribution in [0, 0.1) is 16.7 Å². The maximum absolute atomic E-state index is 4.53. The second-order valence-electron chi connectivity index (χ2n) is 6.54. The van der Waals surface area contributed by atoms with Crippen LogP contribution in [0.15, 0.2) is 6.07 Å². The van der Waals surface area contributed by atoms with E-state index >= 15 is 0 Å². The Morgan fingerprint density at radius 2 is 1.68 bits per heavy atom. The van der Waals surface area contributed by atoms with Crippen LogP contribution in [0.25, 0.3) is 0 Å².